The third-order valence-corrected chi connectivity index (χ3v) is 13.4. The molecular formula is C63H86F5N5O15. The van der Waals surface area contributed by atoms with E-state index in [1.165, 1.54) is 59.8 Å². The summed E-state index contributed by atoms with van der Waals surface area (Å²) < 4.78 is 134. The molecule has 5 aromatic carbocycles. The SMILES string of the molecule is CNC(C)(Cc1ccc(OCF)cc1)C(=O)OC.CNC(C)(Cc1ccc(OCF)cc1)C(=O)OC.CNC(Cc1ccc(OCF)cc1)C(=O)OC.[2H]C([2H])(F)Oc1ccc(CC(C)(NC)C(=O)OC)cc1.[2H]C([2H])(F)Oc1ccc(CC(NC)C(=O)OC)cc1. The van der Waals surface area contributed by atoms with E-state index in [-0.39, 0.29) is 47.4 Å². The molecule has 0 heterocycles. The molecule has 0 aromatic heterocycles. The standard InChI is InChI=1S/3C13H18FNO3.2C12H16FNO3/c3*1-13(15-2,12(16)17-3)8-10-4-6-11(7-5-10)18-9-14;2*1-14-11(12(15)16-2)7-9-3-5-10(6-4-9)17-8-13/h3*4-7,15H,8-9H2,1-3H3;2*3-6,11,14H,7-8H2,1-2H3/i9D2;;;8D2;. The number of likely N-dealkylation sites (N-methyl/N-ethyl adjacent to an activating group) is 5. The fraction of sp³-hybridized carbons (Fsp3) is 0.444. The van der Waals surface area contributed by atoms with Gasteiger partial charge in [-0.2, -0.15) is 0 Å². The van der Waals surface area contributed by atoms with Gasteiger partial charge in [-0.1, -0.05) is 60.7 Å². The monoisotopic (exact) mass is 1250 g/mol. The molecule has 5 N–H and O–H groups in total. The summed E-state index contributed by atoms with van der Waals surface area (Å²) in [6, 6.07) is 32.2. The second kappa shape index (κ2) is 42.7. The van der Waals surface area contributed by atoms with Crippen LogP contribution in [0.3, 0.4) is 0 Å². The van der Waals surface area contributed by atoms with Gasteiger partial charge in [0.1, 0.15) is 62.9 Å². The van der Waals surface area contributed by atoms with Crippen molar-refractivity contribution in [3.05, 3.63) is 149 Å². The zero-order chi connectivity index (χ0) is 69.7. The lowest BCUT2D eigenvalue weighted by atomic mass is 9.93. The number of rotatable bonds is 30. The minimum atomic E-state index is -3.22. The summed E-state index contributed by atoms with van der Waals surface area (Å²) in [6.07, 6.45) is 2.25. The van der Waals surface area contributed by atoms with E-state index in [0.717, 1.165) is 27.8 Å². The number of esters is 5. The molecule has 488 valence electrons. The maximum atomic E-state index is 12.7. The molecule has 0 spiro atoms. The number of hydrogen-bond donors (Lipinski definition) is 5. The van der Waals surface area contributed by atoms with E-state index >= 15 is 0 Å². The van der Waals surface area contributed by atoms with E-state index in [4.69, 9.17) is 29.2 Å². The Kier molecular flexibility index (Phi) is 34.3. The zero-order valence-electron chi connectivity index (χ0n) is 55.9. The number of methoxy groups -OCH3 is 5. The lowest BCUT2D eigenvalue weighted by Gasteiger charge is -2.26. The van der Waals surface area contributed by atoms with Crippen molar-refractivity contribution in [3.8, 4) is 28.7 Å². The Hall–Kier alpha value is -8.10. The van der Waals surface area contributed by atoms with Crippen molar-refractivity contribution in [2.24, 2.45) is 0 Å². The molecular weight excluding hydrogens is 1160 g/mol. The molecule has 5 unspecified atom stereocenters. The van der Waals surface area contributed by atoms with Gasteiger partial charge in [0.2, 0.25) is 34.2 Å². The molecule has 0 aliphatic heterocycles. The second-order valence-corrected chi connectivity index (χ2v) is 19.2. The third-order valence-electron chi connectivity index (χ3n) is 13.4. The minimum Gasteiger partial charge on any atom is -0.468 e. The Balaban J connectivity index is 0.000000576. The average molecular weight is 1250 g/mol. The largest absolute Gasteiger partial charge is 0.468 e. The van der Waals surface area contributed by atoms with Crippen LogP contribution in [-0.2, 0) is 79.8 Å². The summed E-state index contributed by atoms with van der Waals surface area (Å²) in [7, 11) is 15.1. The van der Waals surface area contributed by atoms with Crippen LogP contribution in [0.4, 0.5) is 22.0 Å². The molecule has 0 aliphatic rings. The number of carbonyl (C=O) groups excluding carboxylic acids is 5. The van der Waals surface area contributed by atoms with Crippen LogP contribution in [0.25, 0.3) is 0 Å². The van der Waals surface area contributed by atoms with E-state index < -0.39 is 56.9 Å². The van der Waals surface area contributed by atoms with Crippen LogP contribution < -0.4 is 50.3 Å². The predicted molar refractivity (Wildman–Crippen MR) is 322 cm³/mol. The highest BCUT2D eigenvalue weighted by Gasteiger charge is 2.34. The summed E-state index contributed by atoms with van der Waals surface area (Å²) in [4.78, 5) is 57.8. The molecule has 25 heteroatoms. The van der Waals surface area contributed by atoms with Gasteiger partial charge in [-0.3, -0.25) is 24.0 Å². The molecule has 0 saturated heterocycles. The van der Waals surface area contributed by atoms with Crippen LogP contribution >= 0.6 is 0 Å². The molecule has 5 atom stereocenters. The fourth-order valence-electron chi connectivity index (χ4n) is 7.83. The molecule has 5 aromatic rings. The second-order valence-electron chi connectivity index (χ2n) is 19.2. The maximum Gasteiger partial charge on any atom is 0.326 e. The van der Waals surface area contributed by atoms with Gasteiger partial charge in [-0.05, 0) is 157 Å². The summed E-state index contributed by atoms with van der Waals surface area (Å²) >= 11 is 0. The van der Waals surface area contributed by atoms with Gasteiger partial charge in [0.05, 0.1) is 35.5 Å². The highest BCUT2D eigenvalue weighted by Crippen LogP contribution is 2.22. The van der Waals surface area contributed by atoms with Crippen molar-refractivity contribution in [2.75, 3.05) is 105 Å². The van der Waals surface area contributed by atoms with E-state index in [0.29, 0.717) is 49.4 Å². The van der Waals surface area contributed by atoms with E-state index in [9.17, 15) is 45.9 Å². The average Bonchev–Trinajstić information content (AvgIpc) is 2.97. The number of hydrogen-bond acceptors (Lipinski definition) is 20. The molecule has 88 heavy (non-hydrogen) atoms. The maximum absolute atomic E-state index is 12.7. The van der Waals surface area contributed by atoms with Gasteiger partial charge in [-0.15, -0.1) is 0 Å². The van der Waals surface area contributed by atoms with E-state index in [2.05, 4.69) is 50.3 Å². The number of carbonyl (C=O) groups is 5. The summed E-state index contributed by atoms with van der Waals surface area (Å²) in [6.45, 7) is -3.72. The van der Waals surface area contributed by atoms with Crippen molar-refractivity contribution in [1.82, 2.24) is 26.6 Å². The lowest BCUT2D eigenvalue weighted by molar-refractivity contribution is -0.148. The lowest BCUT2D eigenvalue weighted by Crippen LogP contribution is -2.50. The fourth-order valence-corrected chi connectivity index (χ4v) is 7.83. The van der Waals surface area contributed by atoms with Gasteiger partial charge >= 0.3 is 29.8 Å². The van der Waals surface area contributed by atoms with E-state index in [1.54, 1.807) is 153 Å². The van der Waals surface area contributed by atoms with Crippen LogP contribution in [-0.4, -0.2) is 164 Å². The van der Waals surface area contributed by atoms with Crippen molar-refractivity contribution in [2.45, 2.75) is 81.6 Å². The van der Waals surface area contributed by atoms with Crippen molar-refractivity contribution >= 4 is 29.8 Å². The number of ether oxygens (including phenoxy) is 10. The zero-order valence-corrected chi connectivity index (χ0v) is 51.9. The van der Waals surface area contributed by atoms with E-state index in [1.807, 2.05) is 0 Å². The molecule has 0 amide bonds. The Morgan fingerprint density at radius 3 is 0.761 bits per heavy atom. The van der Waals surface area contributed by atoms with Gasteiger partial charge in [0.25, 0.3) is 0 Å². The normalized spacial score (nSPS) is 14.1. The first-order chi connectivity index (χ1) is 43.4. The highest BCUT2D eigenvalue weighted by atomic mass is 19.2. The van der Waals surface area contributed by atoms with Crippen LogP contribution in [0.5, 0.6) is 28.7 Å². The van der Waals surface area contributed by atoms with Gasteiger partial charge in [0.15, 0.2) is 0 Å². The summed E-state index contributed by atoms with van der Waals surface area (Å²) in [5, 5.41) is 14.5. The number of nitrogens with one attached hydrogen (secondary N) is 5. The first-order valence-corrected chi connectivity index (χ1v) is 27.0. The first-order valence-electron chi connectivity index (χ1n) is 29.0. The molecule has 0 fully saturated rings. The quantitative estimate of drug-likeness (QED) is 0.0169. The van der Waals surface area contributed by atoms with Crippen molar-refractivity contribution < 1.29 is 98.8 Å². The molecule has 20 nitrogen and oxygen atoms in total. The molecule has 0 aliphatic carbocycles. The Labute approximate surface area is 518 Å². The highest BCUT2D eigenvalue weighted by molar-refractivity contribution is 5.82. The van der Waals surface area contributed by atoms with Crippen LogP contribution in [0.15, 0.2) is 121 Å². The Bertz CT molecular complexity index is 2870. The number of alkyl halides is 5. The topological polar surface area (TPSA) is 238 Å². The Morgan fingerprint density at radius 2 is 0.591 bits per heavy atom. The van der Waals surface area contributed by atoms with Gasteiger partial charge < -0.3 is 74.0 Å². The van der Waals surface area contributed by atoms with Crippen LogP contribution in [0.2, 0.25) is 0 Å². The van der Waals surface area contributed by atoms with Gasteiger partial charge in [0, 0.05) is 19.3 Å². The Morgan fingerprint density at radius 1 is 0.375 bits per heavy atom. The molecule has 0 radical (unpaired) electrons. The summed E-state index contributed by atoms with van der Waals surface area (Å²) in [5.41, 5.74) is 2.00. The number of halogens is 5. The van der Waals surface area contributed by atoms with Crippen LogP contribution in [0, 0.1) is 0 Å². The van der Waals surface area contributed by atoms with Gasteiger partial charge in [-0.25, -0.2) is 22.0 Å². The van der Waals surface area contributed by atoms with Crippen molar-refractivity contribution in [3.63, 3.8) is 0 Å². The summed E-state index contributed by atoms with van der Waals surface area (Å²) in [5.74, 6) is -0.171. The first kappa shape index (κ1) is 70.7. The third kappa shape index (κ3) is 27.7. The molecule has 0 bridgehead atoms. The predicted octanol–water partition coefficient (Wildman–Crippen LogP) is 7.65. The molecule has 0 saturated carbocycles. The van der Waals surface area contributed by atoms with Crippen molar-refractivity contribution in [1.29, 1.82) is 0 Å². The minimum absolute atomic E-state index is 0.0745. The number of benzene rings is 5. The van der Waals surface area contributed by atoms with Crippen LogP contribution in [0.1, 0.15) is 54.1 Å². The smallest absolute Gasteiger partial charge is 0.326 e. The molecule has 5 rings (SSSR count).